The van der Waals surface area contributed by atoms with Crippen LogP contribution in [0.4, 0.5) is 0 Å². The Kier molecular flexibility index (Phi) is 3.35. The molecule has 0 aliphatic carbocycles. The number of carbonyl (C=O) groups is 1. The molecule has 1 unspecified atom stereocenters. The van der Waals surface area contributed by atoms with Crippen LogP contribution in [0.25, 0.3) is 0 Å². The summed E-state index contributed by atoms with van der Waals surface area (Å²) in [5, 5.41) is 8.68. The lowest BCUT2D eigenvalue weighted by atomic mass is 9.94. The van der Waals surface area contributed by atoms with E-state index in [0.717, 1.165) is 5.56 Å². The van der Waals surface area contributed by atoms with Gasteiger partial charge in [-0.05, 0) is 30.2 Å². The topological polar surface area (TPSA) is 53.8 Å². The normalized spacial score (nSPS) is 11.5. The fourth-order valence-electron chi connectivity index (χ4n) is 1.30. The van der Waals surface area contributed by atoms with Gasteiger partial charge in [-0.2, -0.15) is 5.26 Å². The van der Waals surface area contributed by atoms with E-state index in [-0.39, 0.29) is 11.7 Å². The number of nitrogens with zero attached hydrogens (tertiary/aromatic N) is 2. The number of nitriles is 1. The fourth-order valence-corrected chi connectivity index (χ4v) is 1.30. The van der Waals surface area contributed by atoms with Crippen molar-refractivity contribution < 1.29 is 4.79 Å². The van der Waals surface area contributed by atoms with Gasteiger partial charge in [0.05, 0.1) is 0 Å². The molecule has 1 aromatic heterocycles. The lowest BCUT2D eigenvalue weighted by Gasteiger charge is -2.10. The van der Waals surface area contributed by atoms with Crippen molar-refractivity contribution in [3.8, 4) is 6.07 Å². The van der Waals surface area contributed by atoms with Gasteiger partial charge in [-0.1, -0.05) is 13.5 Å². The minimum absolute atomic E-state index is 0.00918. The third-order valence-corrected chi connectivity index (χ3v) is 2.21. The molecule has 0 fully saturated rings. The third-order valence-electron chi connectivity index (χ3n) is 2.21. The lowest BCUT2D eigenvalue weighted by Crippen LogP contribution is -2.09. The maximum Gasteiger partial charge on any atom is 0.165 e. The Labute approximate surface area is 89.1 Å². The summed E-state index contributed by atoms with van der Waals surface area (Å²) in [6.45, 7) is 7.10. The fraction of sp³-hybridized carbons (Fsp3) is 0.250. The second-order valence-corrected chi connectivity index (χ2v) is 3.45. The minimum atomic E-state index is -0.266. The molecule has 3 nitrogen and oxygen atoms in total. The molecular weight excluding hydrogens is 188 g/mol. The third kappa shape index (κ3) is 2.50. The molecule has 1 aromatic rings. The zero-order valence-electron chi connectivity index (χ0n) is 8.82. The predicted molar refractivity (Wildman–Crippen MR) is 57.2 cm³/mol. The van der Waals surface area contributed by atoms with Gasteiger partial charge in [-0.3, -0.25) is 4.79 Å². The van der Waals surface area contributed by atoms with E-state index < -0.39 is 0 Å². The predicted octanol–water partition coefficient (Wildman–Crippen LogP) is 2.20. The van der Waals surface area contributed by atoms with E-state index in [9.17, 15) is 4.79 Å². The van der Waals surface area contributed by atoms with E-state index in [0.29, 0.717) is 11.3 Å². The Morgan fingerprint density at radius 1 is 1.67 bits per heavy atom. The van der Waals surface area contributed by atoms with Crippen LogP contribution >= 0.6 is 0 Å². The minimum Gasteiger partial charge on any atom is -0.294 e. The number of allylic oxidation sites excluding steroid dienone is 1. The smallest absolute Gasteiger partial charge is 0.165 e. The Balaban J connectivity index is 3.02. The molecule has 76 valence electrons. The van der Waals surface area contributed by atoms with Gasteiger partial charge in [0.15, 0.2) is 5.78 Å². The molecule has 15 heavy (non-hydrogen) atoms. The van der Waals surface area contributed by atoms with Gasteiger partial charge in [0, 0.05) is 12.1 Å². The molecule has 1 rings (SSSR count). The molecule has 0 aliphatic heterocycles. The van der Waals surface area contributed by atoms with Crippen molar-refractivity contribution in [2.45, 2.75) is 19.8 Å². The largest absolute Gasteiger partial charge is 0.294 e. The molecule has 0 N–H and O–H groups in total. The maximum atomic E-state index is 11.6. The van der Waals surface area contributed by atoms with E-state index in [2.05, 4.69) is 11.6 Å². The van der Waals surface area contributed by atoms with Crippen molar-refractivity contribution in [1.29, 1.82) is 5.26 Å². The Hall–Kier alpha value is -1.95. The molecule has 0 aromatic carbocycles. The summed E-state index contributed by atoms with van der Waals surface area (Å²) in [6, 6.07) is 5.32. The van der Waals surface area contributed by atoms with Crippen molar-refractivity contribution >= 4 is 5.78 Å². The molecule has 3 heteroatoms. The van der Waals surface area contributed by atoms with Crippen LogP contribution in [0, 0.1) is 11.3 Å². The highest BCUT2D eigenvalue weighted by Gasteiger charge is 2.15. The Bertz CT molecular complexity index is 443. The van der Waals surface area contributed by atoms with Crippen LogP contribution in [-0.2, 0) is 4.79 Å². The van der Waals surface area contributed by atoms with Crippen molar-refractivity contribution in [2.24, 2.45) is 0 Å². The van der Waals surface area contributed by atoms with Gasteiger partial charge in [-0.15, -0.1) is 0 Å². The average molecular weight is 200 g/mol. The van der Waals surface area contributed by atoms with Crippen molar-refractivity contribution in [1.82, 2.24) is 4.98 Å². The number of pyridine rings is 1. The standard InChI is InChI=1S/C12H12N2O/c1-8(2)12(15)9(3)10-4-5-14-11(6-10)7-13/h4-6,9H,1H2,2-3H3. The van der Waals surface area contributed by atoms with Crippen LogP contribution in [0.1, 0.15) is 31.0 Å². The van der Waals surface area contributed by atoms with Crippen molar-refractivity contribution in [2.75, 3.05) is 0 Å². The van der Waals surface area contributed by atoms with Crippen LogP contribution in [0.15, 0.2) is 30.5 Å². The number of rotatable bonds is 3. The molecule has 0 saturated heterocycles. The number of carbonyl (C=O) groups excluding carboxylic acids is 1. The first-order valence-electron chi connectivity index (χ1n) is 4.62. The van der Waals surface area contributed by atoms with Crippen LogP contribution in [0.5, 0.6) is 0 Å². The van der Waals surface area contributed by atoms with E-state index in [1.807, 2.05) is 6.07 Å². The number of aromatic nitrogens is 1. The van der Waals surface area contributed by atoms with Gasteiger partial charge < -0.3 is 0 Å². The van der Waals surface area contributed by atoms with Gasteiger partial charge >= 0.3 is 0 Å². The molecule has 0 spiro atoms. The molecule has 0 saturated carbocycles. The highest BCUT2D eigenvalue weighted by molar-refractivity contribution is 5.99. The number of Topliss-reactive ketones (excluding diaryl/α,β-unsaturated/α-hetero) is 1. The number of hydrogen-bond donors (Lipinski definition) is 0. The van der Waals surface area contributed by atoms with Crippen LogP contribution < -0.4 is 0 Å². The summed E-state index contributed by atoms with van der Waals surface area (Å²) in [4.78, 5) is 15.5. The lowest BCUT2D eigenvalue weighted by molar-refractivity contribution is -0.116. The molecule has 0 bridgehead atoms. The van der Waals surface area contributed by atoms with Crippen LogP contribution in [0.3, 0.4) is 0 Å². The average Bonchev–Trinajstić information content (AvgIpc) is 2.27. The van der Waals surface area contributed by atoms with E-state index in [1.165, 1.54) is 6.20 Å². The highest BCUT2D eigenvalue weighted by atomic mass is 16.1. The van der Waals surface area contributed by atoms with E-state index in [4.69, 9.17) is 5.26 Å². The first-order chi connectivity index (χ1) is 7.06. The molecule has 1 heterocycles. The molecule has 0 aliphatic rings. The summed E-state index contributed by atoms with van der Waals surface area (Å²) in [5.41, 5.74) is 1.65. The van der Waals surface area contributed by atoms with Gasteiger partial charge in [0.1, 0.15) is 11.8 Å². The zero-order chi connectivity index (χ0) is 11.4. The van der Waals surface area contributed by atoms with E-state index >= 15 is 0 Å². The second kappa shape index (κ2) is 4.52. The van der Waals surface area contributed by atoms with Gasteiger partial charge in [0.2, 0.25) is 0 Å². The van der Waals surface area contributed by atoms with Gasteiger partial charge in [-0.25, -0.2) is 4.98 Å². The summed E-state index contributed by atoms with van der Waals surface area (Å²) in [7, 11) is 0. The molecule has 0 radical (unpaired) electrons. The maximum absolute atomic E-state index is 11.6. The number of hydrogen-bond acceptors (Lipinski definition) is 3. The van der Waals surface area contributed by atoms with Crippen molar-refractivity contribution in [3.05, 3.63) is 41.7 Å². The summed E-state index contributed by atoms with van der Waals surface area (Å²) in [6.07, 6.45) is 1.54. The quantitative estimate of drug-likeness (QED) is 0.703. The van der Waals surface area contributed by atoms with Crippen molar-refractivity contribution in [3.63, 3.8) is 0 Å². The number of ketones is 1. The van der Waals surface area contributed by atoms with Crippen LogP contribution in [-0.4, -0.2) is 10.8 Å². The van der Waals surface area contributed by atoms with Crippen LogP contribution in [0.2, 0.25) is 0 Å². The molecule has 0 amide bonds. The highest BCUT2D eigenvalue weighted by Crippen LogP contribution is 2.18. The molecule has 1 atom stereocenters. The first-order valence-corrected chi connectivity index (χ1v) is 4.62. The summed E-state index contributed by atoms with van der Waals surface area (Å²) < 4.78 is 0. The SMILES string of the molecule is C=C(C)C(=O)C(C)c1ccnc(C#N)c1. The summed E-state index contributed by atoms with van der Waals surface area (Å²) in [5.74, 6) is -0.275. The second-order valence-electron chi connectivity index (χ2n) is 3.45. The first kappa shape index (κ1) is 11.1. The Morgan fingerprint density at radius 3 is 2.87 bits per heavy atom. The summed E-state index contributed by atoms with van der Waals surface area (Å²) >= 11 is 0. The Morgan fingerprint density at radius 2 is 2.33 bits per heavy atom. The monoisotopic (exact) mass is 200 g/mol. The zero-order valence-corrected chi connectivity index (χ0v) is 8.82. The van der Waals surface area contributed by atoms with Gasteiger partial charge in [0.25, 0.3) is 0 Å². The van der Waals surface area contributed by atoms with E-state index in [1.54, 1.807) is 26.0 Å². The molecular formula is C12H12N2O.